The Morgan fingerprint density at radius 3 is 2.46 bits per heavy atom. The topological polar surface area (TPSA) is 3.24 Å². The zero-order valence-electron chi connectivity index (χ0n) is 6.80. The van der Waals surface area contributed by atoms with Crippen LogP contribution < -0.4 is 4.90 Å². The van der Waals surface area contributed by atoms with Crippen LogP contribution in [0, 0.1) is 5.82 Å². The third-order valence-electron chi connectivity index (χ3n) is 2.02. The van der Waals surface area contributed by atoms with Crippen molar-refractivity contribution in [2.24, 2.45) is 0 Å². The molecule has 1 fully saturated rings. The van der Waals surface area contributed by atoms with E-state index in [0.717, 1.165) is 0 Å². The highest BCUT2D eigenvalue weighted by molar-refractivity contribution is 5.49. The molecule has 0 N–H and O–H groups in total. The van der Waals surface area contributed by atoms with Crippen LogP contribution in [0.15, 0.2) is 24.3 Å². The van der Waals surface area contributed by atoms with Crippen molar-refractivity contribution in [1.29, 1.82) is 0 Å². The van der Waals surface area contributed by atoms with Gasteiger partial charge in [0.1, 0.15) is 5.82 Å². The molecule has 1 nitrogen and oxygen atoms in total. The Balaban J connectivity index is 2.11. The van der Waals surface area contributed by atoms with Crippen molar-refractivity contribution < 1.29 is 13.2 Å². The molecule has 1 aliphatic heterocycles. The van der Waals surface area contributed by atoms with E-state index in [0.29, 0.717) is 5.69 Å². The SMILES string of the molecule is Fc1cccc(N2CC(F)(F)C2)c1. The molecule has 0 saturated carbocycles. The molecule has 0 amide bonds. The lowest BCUT2D eigenvalue weighted by molar-refractivity contribution is -0.0262. The highest BCUT2D eigenvalue weighted by Crippen LogP contribution is 2.31. The normalized spacial score (nSPS) is 19.8. The van der Waals surface area contributed by atoms with Crippen LogP contribution in [0.2, 0.25) is 0 Å². The van der Waals surface area contributed by atoms with Gasteiger partial charge in [-0.25, -0.2) is 13.2 Å². The molecule has 0 radical (unpaired) electrons. The summed E-state index contributed by atoms with van der Waals surface area (Å²) >= 11 is 0. The van der Waals surface area contributed by atoms with Crippen LogP contribution in [0.25, 0.3) is 0 Å². The van der Waals surface area contributed by atoms with Crippen molar-refractivity contribution in [2.75, 3.05) is 18.0 Å². The van der Waals surface area contributed by atoms with Crippen molar-refractivity contribution in [3.8, 4) is 0 Å². The third kappa shape index (κ3) is 1.61. The van der Waals surface area contributed by atoms with Crippen LogP contribution in [0.1, 0.15) is 0 Å². The first-order valence-electron chi connectivity index (χ1n) is 3.95. The lowest BCUT2D eigenvalue weighted by Crippen LogP contribution is -2.56. The molecular formula is C9H8F3N. The van der Waals surface area contributed by atoms with Crippen LogP contribution >= 0.6 is 0 Å². The number of anilines is 1. The summed E-state index contributed by atoms with van der Waals surface area (Å²) in [6.45, 7) is -0.618. The summed E-state index contributed by atoms with van der Waals surface area (Å²) in [4.78, 5) is 1.45. The quantitative estimate of drug-likeness (QED) is 0.652. The molecule has 2 rings (SSSR count). The standard InChI is InChI=1S/C9H8F3N/c10-7-2-1-3-8(4-7)13-5-9(11,12)6-13/h1-4H,5-6H2. The molecule has 1 heterocycles. The van der Waals surface area contributed by atoms with Gasteiger partial charge in [0.25, 0.3) is 5.92 Å². The molecule has 0 spiro atoms. The van der Waals surface area contributed by atoms with E-state index in [9.17, 15) is 13.2 Å². The van der Waals surface area contributed by atoms with Crippen LogP contribution in [-0.4, -0.2) is 19.0 Å². The molecule has 1 aromatic carbocycles. The van der Waals surface area contributed by atoms with Crippen LogP contribution in [0.4, 0.5) is 18.9 Å². The number of hydrogen-bond acceptors (Lipinski definition) is 1. The van der Waals surface area contributed by atoms with Crippen LogP contribution in [-0.2, 0) is 0 Å². The molecule has 0 atom stereocenters. The minimum atomic E-state index is -2.60. The number of hydrogen-bond donors (Lipinski definition) is 0. The Morgan fingerprint density at radius 2 is 1.92 bits per heavy atom. The number of halogens is 3. The highest BCUT2D eigenvalue weighted by atomic mass is 19.3. The maximum absolute atomic E-state index is 12.7. The Morgan fingerprint density at radius 1 is 1.23 bits per heavy atom. The van der Waals surface area contributed by atoms with E-state index < -0.39 is 11.7 Å². The Hall–Kier alpha value is -1.19. The number of rotatable bonds is 1. The summed E-state index contributed by atoms with van der Waals surface area (Å²) in [5.41, 5.74) is 0.519. The Kier molecular flexibility index (Phi) is 1.71. The fraction of sp³-hybridized carbons (Fsp3) is 0.333. The van der Waals surface area contributed by atoms with Gasteiger partial charge in [-0.3, -0.25) is 0 Å². The van der Waals surface area contributed by atoms with Crippen LogP contribution in [0.3, 0.4) is 0 Å². The Bertz CT molecular complexity index is 316. The molecule has 13 heavy (non-hydrogen) atoms. The summed E-state index contributed by atoms with van der Waals surface area (Å²) in [5, 5.41) is 0. The minimum Gasteiger partial charge on any atom is -0.359 e. The van der Waals surface area contributed by atoms with E-state index in [1.54, 1.807) is 6.07 Å². The van der Waals surface area contributed by atoms with Crippen molar-refractivity contribution in [2.45, 2.75) is 5.92 Å². The molecule has 1 aliphatic rings. The zero-order valence-corrected chi connectivity index (χ0v) is 6.80. The molecule has 0 unspecified atom stereocenters. The van der Waals surface area contributed by atoms with Crippen molar-refractivity contribution in [1.82, 2.24) is 0 Å². The number of alkyl halides is 2. The fourth-order valence-electron chi connectivity index (χ4n) is 1.37. The number of nitrogens with zero attached hydrogens (tertiary/aromatic N) is 1. The van der Waals surface area contributed by atoms with E-state index in [1.807, 2.05) is 0 Å². The molecule has 70 valence electrons. The van der Waals surface area contributed by atoms with Crippen molar-refractivity contribution in [3.05, 3.63) is 30.1 Å². The van der Waals surface area contributed by atoms with E-state index in [2.05, 4.69) is 0 Å². The third-order valence-corrected chi connectivity index (χ3v) is 2.02. The van der Waals surface area contributed by atoms with Gasteiger partial charge >= 0.3 is 0 Å². The van der Waals surface area contributed by atoms with Gasteiger partial charge in [-0.1, -0.05) is 6.07 Å². The van der Waals surface area contributed by atoms with Gasteiger partial charge in [-0.15, -0.1) is 0 Å². The predicted molar refractivity (Wildman–Crippen MR) is 43.6 cm³/mol. The second-order valence-electron chi connectivity index (χ2n) is 3.19. The first-order chi connectivity index (χ1) is 6.07. The summed E-state index contributed by atoms with van der Waals surface area (Å²) < 4.78 is 37.5. The summed E-state index contributed by atoms with van der Waals surface area (Å²) in [7, 11) is 0. The van der Waals surface area contributed by atoms with Gasteiger partial charge in [-0.05, 0) is 18.2 Å². The van der Waals surface area contributed by atoms with Gasteiger partial charge in [0.2, 0.25) is 0 Å². The molecule has 4 heteroatoms. The van der Waals surface area contributed by atoms with E-state index in [4.69, 9.17) is 0 Å². The zero-order chi connectivity index (χ0) is 9.47. The summed E-state index contributed by atoms with van der Waals surface area (Å²) in [6.07, 6.45) is 0. The van der Waals surface area contributed by atoms with Crippen LogP contribution in [0.5, 0.6) is 0 Å². The Labute approximate surface area is 73.8 Å². The highest BCUT2D eigenvalue weighted by Gasteiger charge is 2.43. The minimum absolute atomic E-state index is 0.309. The largest absolute Gasteiger partial charge is 0.359 e. The molecule has 0 aliphatic carbocycles. The average Bonchev–Trinajstić information content (AvgIpc) is 2.00. The summed E-state index contributed by atoms with van der Waals surface area (Å²) in [6, 6.07) is 5.69. The molecule has 0 bridgehead atoms. The maximum atomic E-state index is 12.7. The lowest BCUT2D eigenvalue weighted by Gasteiger charge is -2.40. The molecule has 1 saturated heterocycles. The smallest absolute Gasteiger partial charge is 0.282 e. The number of benzene rings is 1. The summed E-state index contributed by atoms with van der Waals surface area (Å²) in [5.74, 6) is -3.00. The van der Waals surface area contributed by atoms with Gasteiger partial charge in [0.15, 0.2) is 0 Å². The van der Waals surface area contributed by atoms with Gasteiger partial charge in [0, 0.05) is 5.69 Å². The van der Waals surface area contributed by atoms with Crippen molar-refractivity contribution >= 4 is 5.69 Å². The lowest BCUT2D eigenvalue weighted by atomic mass is 10.1. The van der Waals surface area contributed by atoms with Gasteiger partial charge in [-0.2, -0.15) is 0 Å². The molecular weight excluding hydrogens is 179 g/mol. The first-order valence-corrected chi connectivity index (χ1v) is 3.95. The molecule has 1 aromatic rings. The maximum Gasteiger partial charge on any atom is 0.282 e. The van der Waals surface area contributed by atoms with Gasteiger partial charge in [0.05, 0.1) is 13.1 Å². The van der Waals surface area contributed by atoms with Gasteiger partial charge < -0.3 is 4.90 Å². The van der Waals surface area contributed by atoms with Crippen molar-refractivity contribution in [3.63, 3.8) is 0 Å². The molecule has 0 aromatic heterocycles. The fourth-order valence-corrected chi connectivity index (χ4v) is 1.37. The second-order valence-corrected chi connectivity index (χ2v) is 3.19. The predicted octanol–water partition coefficient (Wildman–Crippen LogP) is 2.28. The van der Waals surface area contributed by atoms with E-state index in [1.165, 1.54) is 23.1 Å². The van der Waals surface area contributed by atoms with E-state index >= 15 is 0 Å². The average molecular weight is 187 g/mol. The van der Waals surface area contributed by atoms with E-state index in [-0.39, 0.29) is 13.1 Å². The second kappa shape index (κ2) is 2.65. The monoisotopic (exact) mass is 187 g/mol. The first kappa shape index (κ1) is 8.41.